The van der Waals surface area contributed by atoms with Crippen molar-refractivity contribution in [1.29, 1.82) is 0 Å². The van der Waals surface area contributed by atoms with Gasteiger partial charge in [0.2, 0.25) is 5.95 Å². The van der Waals surface area contributed by atoms with Gasteiger partial charge in [-0.15, -0.1) is 0 Å². The van der Waals surface area contributed by atoms with Crippen molar-refractivity contribution in [2.24, 2.45) is 0 Å². The van der Waals surface area contributed by atoms with Crippen molar-refractivity contribution in [2.45, 2.75) is 59.4 Å². The molecule has 0 aliphatic rings. The number of methoxy groups -OCH3 is 1. The highest BCUT2D eigenvalue weighted by Crippen LogP contribution is 2.25. The van der Waals surface area contributed by atoms with Gasteiger partial charge in [-0.3, -0.25) is 0 Å². The number of allylic oxidation sites excluding steroid dienone is 2. The van der Waals surface area contributed by atoms with Crippen molar-refractivity contribution in [3.63, 3.8) is 0 Å². The van der Waals surface area contributed by atoms with Gasteiger partial charge in [-0.05, 0) is 39.2 Å². The lowest BCUT2D eigenvalue weighted by molar-refractivity contribution is 0.275. The van der Waals surface area contributed by atoms with Crippen molar-refractivity contribution in [1.82, 2.24) is 15.3 Å². The summed E-state index contributed by atoms with van der Waals surface area (Å²) in [4.78, 5) is 8.37. The van der Waals surface area contributed by atoms with Gasteiger partial charge in [0.15, 0.2) is 11.6 Å². The Hall–Kier alpha value is -2.48. The minimum absolute atomic E-state index is 0.0865. The lowest BCUT2D eigenvalue weighted by atomic mass is 10.1. The van der Waals surface area contributed by atoms with Crippen LogP contribution in [0.4, 0.5) is 11.8 Å². The number of aliphatic hydroxyl groups excluding tert-OH is 1. The maximum absolute atomic E-state index is 9.37. The number of ether oxygens (including phenoxy) is 2. The molecule has 1 aromatic heterocycles. The summed E-state index contributed by atoms with van der Waals surface area (Å²) < 4.78 is 11.5. The molecule has 0 saturated carbocycles. The van der Waals surface area contributed by atoms with Crippen LogP contribution in [0.2, 0.25) is 0 Å². The molecule has 0 unspecified atom stereocenters. The van der Waals surface area contributed by atoms with Crippen LogP contribution in [0, 0.1) is 0 Å². The summed E-state index contributed by atoms with van der Waals surface area (Å²) in [5.41, 5.74) is 8.74. The van der Waals surface area contributed by atoms with E-state index in [4.69, 9.17) is 15.2 Å². The van der Waals surface area contributed by atoms with Gasteiger partial charge in [-0.2, -0.15) is 4.98 Å². The summed E-state index contributed by atoms with van der Waals surface area (Å²) in [6.07, 6.45) is 5.27. The Labute approximate surface area is 174 Å². The molecular formula is C21H37N5O3. The van der Waals surface area contributed by atoms with E-state index in [1.165, 1.54) is 0 Å². The smallest absolute Gasteiger partial charge is 0.222 e. The van der Waals surface area contributed by atoms with Gasteiger partial charge in [-0.1, -0.05) is 19.8 Å². The Kier molecular flexibility index (Phi) is 10.9. The highest BCUT2D eigenvalue weighted by Gasteiger charge is 2.15. The van der Waals surface area contributed by atoms with Crippen molar-refractivity contribution in [2.75, 3.05) is 38.4 Å². The predicted molar refractivity (Wildman–Crippen MR) is 118 cm³/mol. The zero-order chi connectivity index (χ0) is 21.8. The van der Waals surface area contributed by atoms with Crippen LogP contribution in [0.1, 0.15) is 53.4 Å². The molecule has 8 nitrogen and oxygen atoms in total. The predicted octanol–water partition coefficient (Wildman–Crippen LogP) is 3.22. The Morgan fingerprint density at radius 1 is 1.28 bits per heavy atom. The van der Waals surface area contributed by atoms with Crippen LogP contribution in [0.15, 0.2) is 28.8 Å². The lowest BCUT2D eigenvalue weighted by Crippen LogP contribution is -2.23. The largest absolute Gasteiger partial charge is 0.496 e. The fourth-order valence-corrected chi connectivity index (χ4v) is 3.07. The van der Waals surface area contributed by atoms with Crippen LogP contribution >= 0.6 is 0 Å². The summed E-state index contributed by atoms with van der Waals surface area (Å²) >= 11 is 0. The SMILES string of the molecule is CCCC[C@@H](CCO)Nc1nc(N)ncc1OC/C(NC)=C(\C)C(OC)=C(C)C. The van der Waals surface area contributed by atoms with Gasteiger partial charge in [-0.25, -0.2) is 4.98 Å². The Morgan fingerprint density at radius 3 is 2.55 bits per heavy atom. The molecule has 1 heterocycles. The van der Waals surface area contributed by atoms with E-state index in [0.717, 1.165) is 41.9 Å². The van der Waals surface area contributed by atoms with Crippen LogP contribution in [0.3, 0.4) is 0 Å². The van der Waals surface area contributed by atoms with E-state index < -0.39 is 0 Å². The molecule has 0 spiro atoms. The fraction of sp³-hybridized carbons (Fsp3) is 0.619. The zero-order valence-electron chi connectivity index (χ0n) is 18.6. The third kappa shape index (κ3) is 7.81. The molecule has 8 heteroatoms. The average Bonchev–Trinajstić information content (AvgIpc) is 2.68. The van der Waals surface area contributed by atoms with Gasteiger partial charge in [0.25, 0.3) is 0 Å². The monoisotopic (exact) mass is 407 g/mol. The fourth-order valence-electron chi connectivity index (χ4n) is 3.07. The molecule has 0 aromatic carbocycles. The summed E-state index contributed by atoms with van der Waals surface area (Å²) in [6.45, 7) is 8.54. The van der Waals surface area contributed by atoms with Crippen molar-refractivity contribution >= 4 is 11.8 Å². The Morgan fingerprint density at radius 2 is 2.00 bits per heavy atom. The van der Waals surface area contributed by atoms with E-state index in [-0.39, 0.29) is 18.6 Å². The minimum Gasteiger partial charge on any atom is -0.496 e. The van der Waals surface area contributed by atoms with Gasteiger partial charge in [0.1, 0.15) is 12.4 Å². The molecule has 1 atom stereocenters. The Balaban J connectivity index is 3.05. The number of nitrogens with one attached hydrogen (secondary N) is 2. The average molecular weight is 408 g/mol. The van der Waals surface area contributed by atoms with Crippen LogP contribution in [-0.4, -0.2) is 48.5 Å². The van der Waals surface area contributed by atoms with Crippen molar-refractivity contribution in [3.05, 3.63) is 28.8 Å². The van der Waals surface area contributed by atoms with Crippen molar-refractivity contribution in [3.8, 4) is 5.75 Å². The second-order valence-electron chi connectivity index (χ2n) is 7.11. The molecule has 1 aromatic rings. The number of hydrogen-bond acceptors (Lipinski definition) is 8. The first-order chi connectivity index (χ1) is 13.9. The molecule has 1 rings (SSSR count). The van der Waals surface area contributed by atoms with Gasteiger partial charge < -0.3 is 30.9 Å². The summed E-state index contributed by atoms with van der Waals surface area (Å²) in [5.74, 6) is 2.04. The van der Waals surface area contributed by atoms with Gasteiger partial charge >= 0.3 is 0 Å². The van der Waals surface area contributed by atoms with Crippen LogP contribution in [-0.2, 0) is 4.74 Å². The highest BCUT2D eigenvalue weighted by molar-refractivity contribution is 5.52. The van der Waals surface area contributed by atoms with E-state index in [2.05, 4.69) is 27.5 Å². The molecule has 0 amide bonds. The molecule has 0 fully saturated rings. The van der Waals surface area contributed by atoms with Crippen LogP contribution in [0.25, 0.3) is 0 Å². The Bertz CT molecular complexity index is 700. The van der Waals surface area contributed by atoms with Gasteiger partial charge in [0.05, 0.1) is 19.0 Å². The third-order valence-corrected chi connectivity index (χ3v) is 4.62. The zero-order valence-corrected chi connectivity index (χ0v) is 18.6. The third-order valence-electron chi connectivity index (χ3n) is 4.62. The second kappa shape index (κ2) is 12.9. The maximum atomic E-state index is 9.37. The van der Waals surface area contributed by atoms with E-state index >= 15 is 0 Å². The van der Waals surface area contributed by atoms with E-state index in [9.17, 15) is 5.11 Å². The number of likely N-dealkylation sites (N-methyl/N-ethyl adjacent to an activating group) is 1. The van der Waals surface area contributed by atoms with E-state index in [1.54, 1.807) is 13.3 Å². The molecule has 0 radical (unpaired) electrons. The molecule has 0 aliphatic heterocycles. The number of nitrogens with zero attached hydrogens (tertiary/aromatic N) is 2. The van der Waals surface area contributed by atoms with Crippen LogP contribution in [0.5, 0.6) is 5.75 Å². The van der Waals surface area contributed by atoms with E-state index in [1.807, 2.05) is 27.8 Å². The molecule has 0 bridgehead atoms. The highest BCUT2D eigenvalue weighted by atomic mass is 16.5. The normalized spacial score (nSPS) is 12.7. The standard InChI is InChI=1S/C21H37N5O3/c1-7-8-9-16(10-11-27)25-20-18(12-24-21(22)26-20)29-13-17(23-5)15(4)19(28-6)14(2)3/h12,16,23,27H,7-11,13H2,1-6H3,(H3,22,24,25,26)/b17-15-/t16-/m0/s1. The molecule has 29 heavy (non-hydrogen) atoms. The molecule has 0 aliphatic carbocycles. The summed E-state index contributed by atoms with van der Waals surface area (Å²) in [5, 5.41) is 15.9. The first-order valence-corrected chi connectivity index (χ1v) is 10.1. The van der Waals surface area contributed by atoms with Gasteiger partial charge in [0, 0.05) is 25.3 Å². The van der Waals surface area contributed by atoms with E-state index in [0.29, 0.717) is 24.6 Å². The number of unbranched alkanes of at least 4 members (excludes halogenated alkanes) is 1. The summed E-state index contributed by atoms with van der Waals surface area (Å²) in [6, 6.07) is 0.0865. The van der Waals surface area contributed by atoms with Crippen LogP contribution < -0.4 is 21.1 Å². The number of anilines is 2. The minimum atomic E-state index is 0.0865. The number of hydrogen-bond donors (Lipinski definition) is 4. The number of rotatable bonds is 13. The quantitative estimate of drug-likeness (QED) is 0.291. The second-order valence-corrected chi connectivity index (χ2v) is 7.11. The van der Waals surface area contributed by atoms with Crippen molar-refractivity contribution < 1.29 is 14.6 Å². The summed E-state index contributed by atoms with van der Waals surface area (Å²) in [7, 11) is 3.51. The molecule has 164 valence electrons. The molecule has 0 saturated heterocycles. The number of aromatic nitrogens is 2. The lowest BCUT2D eigenvalue weighted by Gasteiger charge is -2.21. The first-order valence-electron chi connectivity index (χ1n) is 10.1. The number of nitrogens with two attached hydrogens (primary N) is 1. The first kappa shape index (κ1) is 24.6. The maximum Gasteiger partial charge on any atom is 0.222 e. The molecular weight excluding hydrogens is 370 g/mol. The number of aliphatic hydroxyl groups is 1. The molecule has 5 N–H and O–H groups in total. The number of nitrogen functional groups attached to an aromatic ring is 1. The topological polar surface area (TPSA) is 115 Å².